The minimum absolute atomic E-state index is 0.162. The van der Waals surface area contributed by atoms with Crippen LogP contribution >= 0.6 is 0 Å². The van der Waals surface area contributed by atoms with Crippen LogP contribution in [0.1, 0.15) is 44.9 Å². The van der Waals surface area contributed by atoms with Gasteiger partial charge in [-0.25, -0.2) is 9.97 Å². The summed E-state index contributed by atoms with van der Waals surface area (Å²) in [5.41, 5.74) is 18.4. The highest BCUT2D eigenvalue weighted by molar-refractivity contribution is 5.97. The van der Waals surface area contributed by atoms with Gasteiger partial charge in [-0.2, -0.15) is 0 Å². The van der Waals surface area contributed by atoms with E-state index in [9.17, 15) is 0 Å². The van der Waals surface area contributed by atoms with E-state index >= 15 is 0 Å². The molecule has 0 saturated carbocycles. The lowest BCUT2D eigenvalue weighted by Gasteiger charge is -2.31. The summed E-state index contributed by atoms with van der Waals surface area (Å²) in [6, 6.07) is 76.7. The molecule has 0 saturated heterocycles. The van der Waals surface area contributed by atoms with Crippen LogP contribution in [0, 0.1) is 0 Å². The van der Waals surface area contributed by atoms with Crippen molar-refractivity contribution in [2.75, 3.05) is 0 Å². The maximum Gasteiger partial charge on any atom is 0.160 e. The third-order valence-electron chi connectivity index (χ3n) is 11.9. The maximum atomic E-state index is 5.51. The lowest BCUT2D eigenvalue weighted by atomic mass is 9.69. The van der Waals surface area contributed by atoms with Crippen molar-refractivity contribution in [3.63, 3.8) is 0 Å². The molecule has 0 aliphatic heterocycles. The molecule has 0 bridgehead atoms. The first kappa shape index (κ1) is 32.3. The minimum Gasteiger partial charge on any atom is -0.228 e. The Kier molecular flexibility index (Phi) is 7.50. The van der Waals surface area contributed by atoms with Gasteiger partial charge in [0.2, 0.25) is 0 Å². The van der Waals surface area contributed by atoms with Gasteiger partial charge in [-0.05, 0) is 55.6 Å². The van der Waals surface area contributed by atoms with Crippen molar-refractivity contribution >= 4 is 0 Å². The summed E-state index contributed by atoms with van der Waals surface area (Å²) in [5.74, 6) is 0.895. The molecule has 262 valence electrons. The first-order valence-electron chi connectivity index (χ1n) is 19.4. The highest BCUT2D eigenvalue weighted by Gasteiger charge is 2.54. The first-order chi connectivity index (χ1) is 27.8. The van der Waals surface area contributed by atoms with E-state index in [0.717, 1.165) is 39.5 Å². The smallest absolute Gasteiger partial charge is 0.160 e. The van der Waals surface area contributed by atoms with Gasteiger partial charge >= 0.3 is 0 Å². The zero-order valence-electron chi connectivity index (χ0n) is 30.7. The SMILES string of the molecule is c1ccc(-c2nc(-c3ccc(-c4ccc(C(c5ccccc5)c5ccccc5)cc4)cc3)c3c(n2)-c2ccccc2C32c3ccccc3-c3ccccc32)cc1. The normalized spacial score (nSPS) is 12.9. The quantitative estimate of drug-likeness (QED) is 0.160. The van der Waals surface area contributed by atoms with Gasteiger partial charge < -0.3 is 0 Å². The van der Waals surface area contributed by atoms with Gasteiger partial charge in [0, 0.05) is 28.2 Å². The van der Waals surface area contributed by atoms with Crippen LogP contribution in [-0.2, 0) is 5.41 Å². The molecular formula is C54H36N2. The maximum absolute atomic E-state index is 5.51. The number of fused-ring (bicyclic) bond motifs is 10. The molecule has 9 aromatic rings. The second-order valence-electron chi connectivity index (χ2n) is 14.8. The molecule has 0 radical (unpaired) electrons. The average Bonchev–Trinajstić information content (AvgIpc) is 3.75. The number of hydrogen-bond acceptors (Lipinski definition) is 2. The summed E-state index contributed by atoms with van der Waals surface area (Å²) in [4.78, 5) is 10.9. The van der Waals surface area contributed by atoms with Gasteiger partial charge in [0.1, 0.15) is 0 Å². The predicted octanol–water partition coefficient (Wildman–Crippen LogP) is 13.0. The second kappa shape index (κ2) is 13.0. The molecule has 0 unspecified atom stereocenters. The third kappa shape index (κ3) is 4.89. The molecule has 2 aliphatic rings. The van der Waals surface area contributed by atoms with Gasteiger partial charge in [0.05, 0.1) is 16.8 Å². The molecule has 1 heterocycles. The van der Waals surface area contributed by atoms with Crippen molar-refractivity contribution in [2.45, 2.75) is 11.3 Å². The Hall–Kier alpha value is -7.16. The Labute approximate surface area is 327 Å². The van der Waals surface area contributed by atoms with Crippen LogP contribution in [0.25, 0.3) is 56.2 Å². The third-order valence-corrected chi connectivity index (χ3v) is 11.9. The second-order valence-corrected chi connectivity index (χ2v) is 14.8. The van der Waals surface area contributed by atoms with E-state index in [-0.39, 0.29) is 5.92 Å². The van der Waals surface area contributed by atoms with Crippen LogP contribution in [0.15, 0.2) is 212 Å². The standard InChI is InChI=1S/C54H36N2/c1-4-16-38(17-5-1)49(39-18-6-2-7-19-39)40-32-28-36(29-33-40)37-30-34-41(35-31-37)51-50-52(56-53(55-51)42-20-8-3-9-21-42)45-24-12-15-27-48(45)54(50)46-25-13-10-22-43(46)44-23-11-14-26-47(44)54/h1-35,49H. The van der Waals surface area contributed by atoms with Gasteiger partial charge in [-0.15, -0.1) is 0 Å². The average molecular weight is 713 g/mol. The van der Waals surface area contributed by atoms with E-state index in [0.29, 0.717) is 0 Å². The number of hydrogen-bond donors (Lipinski definition) is 0. The Morgan fingerprint density at radius 3 is 1.25 bits per heavy atom. The monoisotopic (exact) mass is 712 g/mol. The molecule has 1 aromatic heterocycles. The van der Waals surface area contributed by atoms with Crippen LogP contribution in [0.4, 0.5) is 0 Å². The van der Waals surface area contributed by atoms with Crippen molar-refractivity contribution in [1.29, 1.82) is 0 Å². The Morgan fingerprint density at radius 1 is 0.304 bits per heavy atom. The zero-order valence-corrected chi connectivity index (χ0v) is 30.7. The van der Waals surface area contributed by atoms with Crippen molar-refractivity contribution in [2.24, 2.45) is 0 Å². The highest BCUT2D eigenvalue weighted by atomic mass is 14.9. The fourth-order valence-electron chi connectivity index (χ4n) is 9.44. The molecule has 2 nitrogen and oxygen atoms in total. The van der Waals surface area contributed by atoms with Gasteiger partial charge in [-0.1, -0.05) is 212 Å². The van der Waals surface area contributed by atoms with Crippen LogP contribution in [0.2, 0.25) is 0 Å². The molecule has 8 aromatic carbocycles. The number of benzene rings is 8. The molecule has 0 atom stereocenters. The number of nitrogens with zero attached hydrogens (tertiary/aromatic N) is 2. The summed E-state index contributed by atoms with van der Waals surface area (Å²) < 4.78 is 0. The van der Waals surface area contributed by atoms with E-state index in [1.807, 2.05) is 6.07 Å². The zero-order chi connectivity index (χ0) is 37.1. The minimum atomic E-state index is -0.549. The number of rotatable bonds is 6. The summed E-state index contributed by atoms with van der Waals surface area (Å²) in [6.07, 6.45) is 0. The van der Waals surface area contributed by atoms with E-state index < -0.39 is 5.41 Å². The predicted molar refractivity (Wildman–Crippen MR) is 228 cm³/mol. The van der Waals surface area contributed by atoms with Gasteiger partial charge in [0.25, 0.3) is 0 Å². The molecule has 2 heteroatoms. The van der Waals surface area contributed by atoms with Crippen molar-refractivity contribution in [3.05, 3.63) is 251 Å². The molecule has 0 amide bonds. The molecule has 56 heavy (non-hydrogen) atoms. The highest BCUT2D eigenvalue weighted by Crippen LogP contribution is 2.64. The Bertz CT molecular complexity index is 2790. The van der Waals surface area contributed by atoms with Gasteiger partial charge in [-0.3, -0.25) is 0 Å². The largest absolute Gasteiger partial charge is 0.228 e. The van der Waals surface area contributed by atoms with E-state index in [4.69, 9.17) is 9.97 Å². The molecule has 0 fully saturated rings. The summed E-state index contributed by atoms with van der Waals surface area (Å²) >= 11 is 0. The van der Waals surface area contributed by atoms with Crippen LogP contribution in [-0.4, -0.2) is 9.97 Å². The fraction of sp³-hybridized carbons (Fsp3) is 0.0370. The topological polar surface area (TPSA) is 25.8 Å². The summed E-state index contributed by atoms with van der Waals surface area (Å²) in [7, 11) is 0. The van der Waals surface area contributed by atoms with E-state index in [1.54, 1.807) is 0 Å². The van der Waals surface area contributed by atoms with Crippen LogP contribution < -0.4 is 0 Å². The van der Waals surface area contributed by atoms with Crippen molar-refractivity contribution in [3.8, 4) is 56.2 Å². The first-order valence-corrected chi connectivity index (χ1v) is 19.4. The van der Waals surface area contributed by atoms with Gasteiger partial charge in [0.15, 0.2) is 5.82 Å². The Balaban J connectivity index is 1.07. The molecule has 1 spiro atoms. The number of aromatic nitrogens is 2. The lowest BCUT2D eigenvalue weighted by Crippen LogP contribution is -2.27. The molecule has 11 rings (SSSR count). The van der Waals surface area contributed by atoms with Crippen LogP contribution in [0.5, 0.6) is 0 Å². The summed E-state index contributed by atoms with van der Waals surface area (Å²) in [6.45, 7) is 0. The van der Waals surface area contributed by atoms with Crippen LogP contribution in [0.3, 0.4) is 0 Å². The van der Waals surface area contributed by atoms with Crippen molar-refractivity contribution < 1.29 is 0 Å². The van der Waals surface area contributed by atoms with E-state index in [2.05, 4.69) is 206 Å². The lowest BCUT2D eigenvalue weighted by molar-refractivity contribution is 0.788. The molecule has 2 aliphatic carbocycles. The molecular weight excluding hydrogens is 677 g/mol. The van der Waals surface area contributed by atoms with E-state index in [1.165, 1.54) is 55.6 Å². The Morgan fingerprint density at radius 2 is 0.696 bits per heavy atom. The molecule has 0 N–H and O–H groups in total. The van der Waals surface area contributed by atoms with Crippen molar-refractivity contribution in [1.82, 2.24) is 9.97 Å². The fourth-order valence-corrected chi connectivity index (χ4v) is 9.44. The summed E-state index contributed by atoms with van der Waals surface area (Å²) in [5, 5.41) is 0.